The third-order valence-electron chi connectivity index (χ3n) is 13.0. The summed E-state index contributed by atoms with van der Waals surface area (Å²) in [5, 5.41) is 53.7. The molecule has 3 aromatic rings. The number of nitrogens with one attached hydrogen (secondary N) is 3. The second-order valence-electron chi connectivity index (χ2n) is 17.2. The van der Waals surface area contributed by atoms with Gasteiger partial charge in [0.2, 0.25) is 11.1 Å². The molecule has 6 N–H and O–H groups in total. The highest BCUT2D eigenvalue weighted by molar-refractivity contribution is 7.99. The Morgan fingerprint density at radius 2 is 1.42 bits per heavy atom. The first kappa shape index (κ1) is 52.3. The van der Waals surface area contributed by atoms with Crippen molar-refractivity contribution in [2.75, 3.05) is 83.1 Å². The van der Waals surface area contributed by atoms with Gasteiger partial charge >= 0.3 is 24.9 Å². The average molecular weight is 979 g/mol. The minimum absolute atomic E-state index is 0.0163. The van der Waals surface area contributed by atoms with Crippen molar-refractivity contribution in [2.45, 2.75) is 78.4 Å². The molecule has 1 fully saturated rings. The molecule has 3 aliphatic rings. The summed E-state index contributed by atoms with van der Waals surface area (Å²) < 4.78 is 35.7. The number of halogens is 2. The lowest BCUT2D eigenvalue weighted by Gasteiger charge is -2.34. The molecule has 69 heavy (non-hydrogen) atoms. The molecule has 5 heterocycles. The van der Waals surface area contributed by atoms with E-state index in [1.165, 1.54) is 20.7 Å². The number of amides is 2. The molecule has 1 aromatic carbocycles. The first-order valence-corrected chi connectivity index (χ1v) is 24.1. The Labute approximate surface area is 403 Å². The van der Waals surface area contributed by atoms with E-state index in [9.17, 15) is 39.3 Å². The zero-order chi connectivity index (χ0) is 50.2. The van der Waals surface area contributed by atoms with Crippen LogP contribution in [0.5, 0.6) is 0 Å². The SMILES string of the molecule is CCC1=C(C)C2=C(c3ccc(C(=O)NCCSc4nnc(NCCNC(=O)CCC(C(=O)O)N5CCN(CC(=O)O)CCN(CC(=O)O)CC5)nn4)cc3)c3c(C)c(CC)c(C)n3[B-](F)(F)[N+]2=C1C. The number of thioether (sulfide) groups is 1. The van der Waals surface area contributed by atoms with Crippen molar-refractivity contribution >= 4 is 65.7 Å². The Morgan fingerprint density at radius 3 is 1.99 bits per heavy atom. The first-order valence-electron chi connectivity index (χ1n) is 23.1. The van der Waals surface area contributed by atoms with E-state index < -0.39 is 30.9 Å². The molecule has 3 aliphatic heterocycles. The molecule has 24 heteroatoms. The summed E-state index contributed by atoms with van der Waals surface area (Å²) in [7, 11) is 0. The second-order valence-corrected chi connectivity index (χ2v) is 18.3. The Morgan fingerprint density at radius 1 is 0.812 bits per heavy atom. The molecule has 1 saturated heterocycles. The van der Waals surface area contributed by atoms with Crippen molar-refractivity contribution in [3.63, 3.8) is 0 Å². The van der Waals surface area contributed by atoms with Crippen molar-refractivity contribution in [3.8, 4) is 0 Å². The van der Waals surface area contributed by atoms with Gasteiger partial charge in [0.15, 0.2) is 5.70 Å². The van der Waals surface area contributed by atoms with Crippen molar-refractivity contribution < 1.29 is 52.4 Å². The fourth-order valence-corrected chi connectivity index (χ4v) is 10.2. The van der Waals surface area contributed by atoms with Crippen LogP contribution in [-0.4, -0.2) is 186 Å². The van der Waals surface area contributed by atoms with E-state index in [1.54, 1.807) is 40.7 Å². The van der Waals surface area contributed by atoms with E-state index in [0.717, 1.165) is 33.4 Å². The van der Waals surface area contributed by atoms with Crippen LogP contribution in [0.3, 0.4) is 0 Å². The third-order valence-corrected chi connectivity index (χ3v) is 13.8. The number of nitrogens with zero attached hydrogens (tertiary/aromatic N) is 9. The number of carbonyl (C=O) groups excluding carboxylic acids is 2. The largest absolute Gasteiger partial charge is 0.737 e. The molecule has 2 amide bonds. The van der Waals surface area contributed by atoms with Crippen LogP contribution in [0.2, 0.25) is 0 Å². The minimum atomic E-state index is -4.15. The second kappa shape index (κ2) is 23.0. The quantitative estimate of drug-likeness (QED) is 0.0510. The van der Waals surface area contributed by atoms with Crippen LogP contribution in [0, 0.1) is 13.8 Å². The minimum Gasteiger partial charge on any atom is -0.480 e. The number of benzene rings is 1. The first-order chi connectivity index (χ1) is 32.9. The molecule has 0 aliphatic carbocycles. The van der Waals surface area contributed by atoms with Gasteiger partial charge < -0.3 is 48.9 Å². The van der Waals surface area contributed by atoms with E-state index in [2.05, 4.69) is 36.3 Å². The lowest BCUT2D eigenvalue weighted by atomic mass is 9.83. The van der Waals surface area contributed by atoms with E-state index in [-0.39, 0.29) is 94.7 Å². The number of hydrogen-bond acceptors (Lipinski definition) is 14. The monoisotopic (exact) mass is 978 g/mol. The summed E-state index contributed by atoms with van der Waals surface area (Å²) in [6, 6.07) is 6.01. The fourth-order valence-electron chi connectivity index (χ4n) is 9.66. The molecular weight excluding hydrogens is 917 g/mol. The number of aromatic nitrogens is 5. The molecule has 20 nitrogen and oxygen atoms in total. The van der Waals surface area contributed by atoms with Gasteiger partial charge in [-0.3, -0.25) is 38.7 Å². The van der Waals surface area contributed by atoms with Crippen LogP contribution in [0.15, 0.2) is 46.3 Å². The Kier molecular flexibility index (Phi) is 17.4. The summed E-state index contributed by atoms with van der Waals surface area (Å²) in [6.07, 6.45) is 1.14. The van der Waals surface area contributed by atoms with E-state index in [0.29, 0.717) is 60.0 Å². The Balaban J connectivity index is 0.954. The molecule has 0 saturated carbocycles. The van der Waals surface area contributed by atoms with Crippen LogP contribution in [0.1, 0.15) is 85.4 Å². The number of allylic oxidation sites excluding steroid dienone is 2. The van der Waals surface area contributed by atoms with Gasteiger partial charge in [-0.25, -0.2) is 0 Å². The highest BCUT2D eigenvalue weighted by Crippen LogP contribution is 2.47. The maximum atomic E-state index is 16.6. The standard InChI is InChI=1S/C45H61BF2N12O8S/c1-7-33-27(3)40-39(41-28(4)34(8-2)30(6)60(41)46(47,48)59(40)29(33)5)31-9-11-32(12-10-31)42(66)50-17-24-69-45-54-52-44(53-55-45)51-16-15-49-36(61)14-13-35(43(67)68)58-22-20-56(25-37(62)63)18-19-57(21-23-58)26-38(64)65/h9-12,35H,7-8,13-26H2,1-6H3,(H,49,61)(H,50,66)(H,62,63)(H,64,65)(H,67,68)(H,51,52,53). The number of carboxylic acids is 3. The Bertz CT molecular complexity index is 2510. The molecule has 0 radical (unpaired) electrons. The number of carbonyl (C=O) groups is 5. The predicted molar refractivity (Wildman–Crippen MR) is 256 cm³/mol. The van der Waals surface area contributed by atoms with Gasteiger partial charge in [0.05, 0.1) is 18.7 Å². The summed E-state index contributed by atoms with van der Waals surface area (Å²) in [6.45, 7) is 8.91. The molecule has 6 rings (SSSR count). The van der Waals surface area contributed by atoms with Crippen molar-refractivity contribution in [1.29, 1.82) is 0 Å². The maximum absolute atomic E-state index is 16.6. The van der Waals surface area contributed by atoms with Crippen LogP contribution in [0.25, 0.3) is 5.57 Å². The number of aliphatic carboxylic acids is 3. The number of anilines is 1. The molecule has 0 bridgehead atoms. The highest BCUT2D eigenvalue weighted by atomic mass is 32.2. The number of fused-ring (bicyclic) bond motifs is 2. The van der Waals surface area contributed by atoms with E-state index in [4.69, 9.17) is 0 Å². The van der Waals surface area contributed by atoms with Crippen LogP contribution in [-0.2, 0) is 25.6 Å². The smallest absolute Gasteiger partial charge is 0.480 e. The highest BCUT2D eigenvalue weighted by Gasteiger charge is 2.56. The third kappa shape index (κ3) is 12.0. The van der Waals surface area contributed by atoms with Crippen molar-refractivity contribution in [1.82, 2.24) is 50.2 Å². The number of hydrogen-bond donors (Lipinski definition) is 6. The van der Waals surface area contributed by atoms with Crippen molar-refractivity contribution in [3.05, 3.63) is 74.8 Å². The van der Waals surface area contributed by atoms with Gasteiger partial charge in [-0.15, -0.1) is 20.4 Å². The molecule has 1 unspecified atom stereocenters. The topological polar surface area (TPSA) is 251 Å². The molecule has 1 atom stereocenters. The van der Waals surface area contributed by atoms with Gasteiger partial charge in [-0.05, 0) is 74.6 Å². The van der Waals surface area contributed by atoms with Crippen molar-refractivity contribution in [2.24, 2.45) is 0 Å². The van der Waals surface area contributed by atoms with E-state index in [1.807, 2.05) is 39.8 Å². The zero-order valence-corrected chi connectivity index (χ0v) is 40.7. The molecule has 2 aromatic heterocycles. The maximum Gasteiger partial charge on any atom is 0.737 e. The van der Waals surface area contributed by atoms with Gasteiger partial charge in [-0.1, -0.05) is 37.7 Å². The van der Waals surface area contributed by atoms with Gasteiger partial charge in [0.25, 0.3) is 11.9 Å². The zero-order valence-electron chi connectivity index (χ0n) is 39.8. The summed E-state index contributed by atoms with van der Waals surface area (Å²) >= 11 is 1.24. The van der Waals surface area contributed by atoms with Gasteiger partial charge in [0, 0.05) is 100 Å². The molecular formula is C45H61BF2N12O8S. The lowest BCUT2D eigenvalue weighted by Crippen LogP contribution is -2.51. The molecule has 0 spiro atoms. The summed E-state index contributed by atoms with van der Waals surface area (Å²) in [5.74, 6) is -3.38. The van der Waals surface area contributed by atoms with Crippen LogP contribution < -0.4 is 16.0 Å². The predicted octanol–water partition coefficient (Wildman–Crippen LogP) is 2.83. The number of carboxylic acid groups (broad SMARTS) is 3. The Hall–Kier alpha value is -6.11. The fraction of sp³-hybridized carbons (Fsp3) is 0.511. The number of rotatable bonds is 21. The summed E-state index contributed by atoms with van der Waals surface area (Å²) in [4.78, 5) is 65.9. The summed E-state index contributed by atoms with van der Waals surface area (Å²) in [5.41, 5.74) is 7.52. The van der Waals surface area contributed by atoms with Crippen LogP contribution in [0.4, 0.5) is 14.6 Å². The van der Waals surface area contributed by atoms with E-state index >= 15 is 8.63 Å². The normalized spacial score (nSPS) is 17.2. The van der Waals surface area contributed by atoms with Gasteiger partial charge in [-0.2, -0.15) is 0 Å². The van der Waals surface area contributed by atoms with Gasteiger partial charge in [0.1, 0.15) is 11.8 Å². The molecule has 372 valence electrons. The van der Waals surface area contributed by atoms with Crippen LogP contribution >= 0.6 is 11.8 Å². The average Bonchev–Trinajstić information content (AvgIpc) is 3.75. The lowest BCUT2D eigenvalue weighted by molar-refractivity contribution is -0.363.